The van der Waals surface area contributed by atoms with E-state index in [0.717, 1.165) is 11.1 Å². The van der Waals surface area contributed by atoms with E-state index in [1.165, 1.54) is 22.3 Å². The fraction of sp³-hybridized carbons (Fsp3) is 0. The average Bonchev–Trinajstić information content (AvgIpc) is 2.85. The van der Waals surface area contributed by atoms with Crippen LogP contribution in [0.2, 0.25) is 0 Å². The predicted molar refractivity (Wildman–Crippen MR) is 145 cm³/mol. The van der Waals surface area contributed by atoms with Gasteiger partial charge in [-0.3, -0.25) is 9.11 Å². The third-order valence-corrected chi connectivity index (χ3v) is 4.51. The number of rotatable bonds is 4. The molecular formula is C28H27NaO4S. The molecule has 0 bridgehead atoms. The molecule has 34 heavy (non-hydrogen) atoms. The van der Waals surface area contributed by atoms with Crippen molar-refractivity contribution in [3.8, 4) is 22.3 Å². The van der Waals surface area contributed by atoms with E-state index in [0.29, 0.717) is 0 Å². The van der Waals surface area contributed by atoms with Gasteiger partial charge < -0.3 is 0 Å². The van der Waals surface area contributed by atoms with Crippen molar-refractivity contribution in [2.75, 3.05) is 0 Å². The molecule has 0 amide bonds. The first-order valence-electron chi connectivity index (χ1n) is 10.1. The molecule has 0 aliphatic heterocycles. The topological polar surface area (TPSA) is 74.6 Å². The largest absolute Gasteiger partial charge is 0.0622 e. The second-order valence-electron chi connectivity index (χ2n) is 6.83. The Morgan fingerprint density at radius 3 is 0.971 bits per heavy atom. The second-order valence-corrected chi connectivity index (χ2v) is 7.73. The van der Waals surface area contributed by atoms with Gasteiger partial charge in [0.2, 0.25) is 0 Å². The van der Waals surface area contributed by atoms with Crippen LogP contribution in [0, 0.1) is 0 Å². The number of benzene rings is 4. The first kappa shape index (κ1) is 29.3. The summed E-state index contributed by atoms with van der Waals surface area (Å²) in [5.41, 5.74) is 7.29. The summed E-state index contributed by atoms with van der Waals surface area (Å²) in [6.45, 7) is 7.49. The minimum atomic E-state index is -4.67. The Morgan fingerprint density at radius 1 is 0.500 bits per heavy atom. The van der Waals surface area contributed by atoms with Crippen molar-refractivity contribution in [2.45, 2.75) is 0 Å². The molecule has 4 nitrogen and oxygen atoms in total. The van der Waals surface area contributed by atoms with Gasteiger partial charge in [-0.2, -0.15) is 8.42 Å². The maximum absolute atomic E-state index is 8.74. The van der Waals surface area contributed by atoms with Crippen LogP contribution in [-0.2, 0) is 10.4 Å². The van der Waals surface area contributed by atoms with Crippen molar-refractivity contribution in [3.63, 3.8) is 0 Å². The molecule has 0 radical (unpaired) electrons. The maximum atomic E-state index is 8.74. The van der Waals surface area contributed by atoms with Gasteiger partial charge in [-0.15, -0.1) is 0 Å². The molecule has 0 unspecified atom stereocenters. The monoisotopic (exact) mass is 482 g/mol. The molecule has 0 atom stereocenters. The first-order valence-corrected chi connectivity index (χ1v) is 11.5. The van der Waals surface area contributed by atoms with E-state index in [4.69, 9.17) is 17.5 Å². The van der Waals surface area contributed by atoms with Gasteiger partial charge in [-0.1, -0.05) is 135 Å². The summed E-state index contributed by atoms with van der Waals surface area (Å²) < 4.78 is 31.6. The Kier molecular flexibility index (Phi) is 13.1. The Labute approximate surface area is 224 Å². The van der Waals surface area contributed by atoms with Crippen LogP contribution in [0.4, 0.5) is 0 Å². The summed E-state index contributed by atoms with van der Waals surface area (Å²) >= 11 is 0. The Balaban J connectivity index is 0.000000284. The Hall–Kier alpha value is -2.77. The maximum Gasteiger partial charge on any atom is -0.0184 e. The third kappa shape index (κ3) is 11.4. The standard InChI is InChI=1S/C16H14.C12H10.Na.H2O4S.H/c1-3-13-5-9-15(10-6-13)16-11-7-14(4-2)8-12-16;1-3-7-11(8-4-1)12-9-5-2-6-10-12;;1-5(2,3)4;/h3-12H,1-2H2;1-10H;;(H2,1,2,3,4);. The van der Waals surface area contributed by atoms with Gasteiger partial charge in [0, 0.05) is 0 Å². The summed E-state index contributed by atoms with van der Waals surface area (Å²) in [5.74, 6) is 0. The van der Waals surface area contributed by atoms with E-state index in [1.807, 2.05) is 24.3 Å². The van der Waals surface area contributed by atoms with Crippen LogP contribution in [0.3, 0.4) is 0 Å². The van der Waals surface area contributed by atoms with Crippen LogP contribution >= 0.6 is 0 Å². The summed E-state index contributed by atoms with van der Waals surface area (Å²) in [4.78, 5) is 0. The molecular weight excluding hydrogens is 455 g/mol. The zero-order valence-corrected chi connectivity index (χ0v) is 18.9. The molecule has 0 heterocycles. The molecule has 0 aliphatic rings. The Morgan fingerprint density at radius 2 is 0.735 bits per heavy atom. The molecule has 0 aromatic heterocycles. The van der Waals surface area contributed by atoms with Gasteiger partial charge in [0.15, 0.2) is 0 Å². The minimum absolute atomic E-state index is 0. The van der Waals surface area contributed by atoms with E-state index in [9.17, 15) is 0 Å². The van der Waals surface area contributed by atoms with Crippen LogP contribution in [0.1, 0.15) is 11.1 Å². The van der Waals surface area contributed by atoms with E-state index in [-0.39, 0.29) is 29.6 Å². The van der Waals surface area contributed by atoms with Crippen molar-refractivity contribution in [3.05, 3.63) is 133 Å². The van der Waals surface area contributed by atoms with Crippen LogP contribution in [0.15, 0.2) is 122 Å². The molecule has 0 aliphatic carbocycles. The number of hydrogen-bond acceptors (Lipinski definition) is 2. The molecule has 2 N–H and O–H groups in total. The second kappa shape index (κ2) is 15.2. The van der Waals surface area contributed by atoms with E-state index in [2.05, 4.69) is 110 Å². The van der Waals surface area contributed by atoms with E-state index >= 15 is 0 Å². The minimum Gasteiger partial charge on any atom is -0.0622 e. The van der Waals surface area contributed by atoms with Crippen molar-refractivity contribution in [2.24, 2.45) is 0 Å². The molecule has 0 saturated heterocycles. The van der Waals surface area contributed by atoms with E-state index < -0.39 is 10.4 Å². The smallest absolute Gasteiger partial charge is 0.0184 e. The summed E-state index contributed by atoms with van der Waals surface area (Å²) in [5, 5.41) is 0. The van der Waals surface area contributed by atoms with Gasteiger partial charge in [0.25, 0.3) is 0 Å². The summed E-state index contributed by atoms with van der Waals surface area (Å²) in [7, 11) is -4.67. The van der Waals surface area contributed by atoms with Crippen LogP contribution in [0.5, 0.6) is 0 Å². The van der Waals surface area contributed by atoms with Crippen molar-refractivity contribution >= 4 is 52.1 Å². The average molecular weight is 483 g/mol. The van der Waals surface area contributed by atoms with Gasteiger partial charge in [-0.05, 0) is 33.4 Å². The molecule has 4 rings (SSSR count). The van der Waals surface area contributed by atoms with E-state index in [1.54, 1.807) is 0 Å². The molecule has 0 spiro atoms. The fourth-order valence-corrected chi connectivity index (χ4v) is 2.88. The molecule has 170 valence electrons. The van der Waals surface area contributed by atoms with Crippen molar-refractivity contribution in [1.29, 1.82) is 0 Å². The molecule has 6 heteroatoms. The van der Waals surface area contributed by atoms with Gasteiger partial charge >= 0.3 is 40.0 Å². The normalized spacial score (nSPS) is 9.71. The van der Waals surface area contributed by atoms with Crippen LogP contribution in [-0.4, -0.2) is 47.1 Å². The zero-order valence-electron chi connectivity index (χ0n) is 18.1. The van der Waals surface area contributed by atoms with Gasteiger partial charge in [0.1, 0.15) is 0 Å². The summed E-state index contributed by atoms with van der Waals surface area (Å²) in [6.07, 6.45) is 3.70. The molecule has 4 aromatic carbocycles. The SMILES string of the molecule is C=Cc1ccc(-c2ccc(C=C)cc2)cc1.O=S(=O)(O)O.[NaH].c1ccc(-c2ccccc2)cc1. The van der Waals surface area contributed by atoms with Gasteiger partial charge in [-0.25, -0.2) is 0 Å². The van der Waals surface area contributed by atoms with Crippen LogP contribution in [0.25, 0.3) is 34.4 Å². The quantitative estimate of drug-likeness (QED) is 0.251. The zero-order chi connectivity index (χ0) is 24.1. The van der Waals surface area contributed by atoms with Crippen molar-refractivity contribution < 1.29 is 17.5 Å². The molecule has 4 aromatic rings. The molecule has 0 fully saturated rings. The third-order valence-electron chi connectivity index (χ3n) is 4.51. The number of hydrogen-bond donors (Lipinski definition) is 2. The van der Waals surface area contributed by atoms with Crippen LogP contribution < -0.4 is 0 Å². The van der Waals surface area contributed by atoms with Gasteiger partial charge in [0.05, 0.1) is 0 Å². The Bertz CT molecular complexity index is 1140. The fourth-order valence-electron chi connectivity index (χ4n) is 2.88. The first-order chi connectivity index (χ1) is 15.8. The predicted octanol–water partition coefficient (Wildman–Crippen LogP) is 6.69. The molecule has 0 saturated carbocycles. The van der Waals surface area contributed by atoms with Crippen molar-refractivity contribution in [1.82, 2.24) is 0 Å². The summed E-state index contributed by atoms with van der Waals surface area (Å²) in [6, 6.07) is 37.5.